The van der Waals surface area contributed by atoms with Gasteiger partial charge in [-0.15, -0.1) is 0 Å². The Hall–Kier alpha value is -5.58. The van der Waals surface area contributed by atoms with Crippen molar-refractivity contribution in [3.05, 3.63) is 160 Å². The van der Waals surface area contributed by atoms with Crippen molar-refractivity contribution in [1.29, 1.82) is 0 Å². The van der Waals surface area contributed by atoms with Crippen LogP contribution in [0.15, 0.2) is 126 Å². The van der Waals surface area contributed by atoms with Crippen LogP contribution in [0, 0.1) is 0 Å². The zero-order valence-electron chi connectivity index (χ0n) is 30.7. The molecule has 0 unspecified atom stereocenters. The monoisotopic (exact) mass is 707 g/mol. The highest BCUT2D eigenvalue weighted by molar-refractivity contribution is 6.28. The second kappa shape index (κ2) is 11.0. The minimum atomic E-state index is -0.533. The summed E-state index contributed by atoms with van der Waals surface area (Å²) in [4.78, 5) is 14.5. The maximum Gasteiger partial charge on any atom is 0.226 e. The van der Waals surface area contributed by atoms with E-state index in [4.69, 9.17) is 26.0 Å². The molecule has 0 bridgehead atoms. The lowest BCUT2D eigenvalue weighted by Gasteiger charge is -2.33. The van der Waals surface area contributed by atoms with Crippen LogP contribution in [0.1, 0.15) is 74.9 Å². The smallest absolute Gasteiger partial charge is 0.226 e. The zero-order valence-corrected chi connectivity index (χ0v) is 31.4. The van der Waals surface area contributed by atoms with Crippen LogP contribution in [0.25, 0.3) is 67.0 Å². The maximum absolute atomic E-state index is 6.75. The Morgan fingerprint density at radius 2 is 1.04 bits per heavy atom. The summed E-state index contributed by atoms with van der Waals surface area (Å²) >= 11 is 6.75. The van der Waals surface area contributed by atoms with E-state index >= 15 is 0 Å². The molecule has 0 fully saturated rings. The minimum absolute atomic E-state index is 0.0227. The molecule has 0 radical (unpaired) electrons. The van der Waals surface area contributed by atoms with Gasteiger partial charge in [0.05, 0.1) is 11.0 Å². The highest BCUT2D eigenvalue weighted by Gasteiger charge is 2.52. The van der Waals surface area contributed by atoms with E-state index in [1.807, 2.05) is 30.3 Å². The van der Waals surface area contributed by atoms with Crippen LogP contribution < -0.4 is 0 Å². The molecule has 2 aliphatic carbocycles. The van der Waals surface area contributed by atoms with Crippen molar-refractivity contribution in [3.63, 3.8) is 0 Å². The van der Waals surface area contributed by atoms with Gasteiger partial charge in [0, 0.05) is 16.3 Å². The fourth-order valence-corrected chi connectivity index (χ4v) is 8.94. The number of nitrogens with zero attached hydrogens (tertiary/aromatic N) is 3. The van der Waals surface area contributed by atoms with E-state index in [0.717, 1.165) is 33.1 Å². The van der Waals surface area contributed by atoms with Gasteiger partial charge in [-0.2, -0.15) is 9.97 Å². The van der Waals surface area contributed by atoms with Crippen molar-refractivity contribution < 1.29 is 4.42 Å². The van der Waals surface area contributed by atoms with Gasteiger partial charge >= 0.3 is 0 Å². The first-order valence-electron chi connectivity index (χ1n) is 18.3. The second-order valence-electron chi connectivity index (χ2n) is 16.6. The van der Waals surface area contributed by atoms with Gasteiger partial charge in [-0.05, 0) is 96.3 Å². The number of furan rings is 1. The number of halogens is 1. The highest BCUT2D eigenvalue weighted by Crippen LogP contribution is 2.63. The maximum atomic E-state index is 6.75. The van der Waals surface area contributed by atoms with E-state index < -0.39 is 5.41 Å². The summed E-state index contributed by atoms with van der Waals surface area (Å²) in [6, 6.07) is 44.0. The number of para-hydroxylation sites is 2. The predicted molar refractivity (Wildman–Crippen MR) is 217 cm³/mol. The lowest BCUT2D eigenvalue weighted by molar-refractivity contribution is 0.586. The van der Waals surface area contributed by atoms with Gasteiger partial charge in [0.15, 0.2) is 11.6 Å². The normalized spacial score (nSPS) is 14.1. The number of hydrogen-bond donors (Lipinski definition) is 0. The molecule has 2 aromatic heterocycles. The van der Waals surface area contributed by atoms with E-state index in [2.05, 4.69) is 138 Å². The largest absolute Gasteiger partial charge is 0.455 e. The Morgan fingerprint density at radius 1 is 0.491 bits per heavy atom. The van der Waals surface area contributed by atoms with Crippen LogP contribution in [-0.4, -0.2) is 15.0 Å². The molecule has 0 aliphatic heterocycles. The van der Waals surface area contributed by atoms with Crippen molar-refractivity contribution in [2.24, 2.45) is 0 Å². The molecule has 8 aromatic rings. The second-order valence-corrected chi connectivity index (χ2v) is 16.9. The molecule has 0 atom stereocenters. The molecule has 2 heterocycles. The third kappa shape index (κ3) is 4.58. The van der Waals surface area contributed by atoms with Crippen LogP contribution in [0.3, 0.4) is 0 Å². The molecule has 258 valence electrons. The fourth-order valence-electron chi connectivity index (χ4n) is 8.78. The molecule has 5 heteroatoms. The molecule has 53 heavy (non-hydrogen) atoms. The Labute approximate surface area is 314 Å². The quantitative estimate of drug-likeness (QED) is 0.179. The molecular formula is C48H38ClN3O. The standard InChI is InChI=1S/C48H38ClN3O/c1-46(2,3)28-19-22-32-33-23-20-29(47(4,5)6)26-40(33)48(39(32)25-28)37-16-9-7-12-30(37)31-21-18-27(24-38(31)48)43-50-44(52-45(49)51-43)36-15-11-14-35-34-13-8-10-17-41(34)53-42(35)36/h7-26H,1-6H3. The molecular weight excluding hydrogens is 670 g/mol. The van der Waals surface area contributed by atoms with Crippen LogP contribution in [-0.2, 0) is 16.2 Å². The van der Waals surface area contributed by atoms with E-state index in [-0.39, 0.29) is 16.1 Å². The summed E-state index contributed by atoms with van der Waals surface area (Å²) in [5.41, 5.74) is 15.5. The summed E-state index contributed by atoms with van der Waals surface area (Å²) in [7, 11) is 0. The molecule has 0 N–H and O–H groups in total. The van der Waals surface area contributed by atoms with Crippen LogP contribution in [0.2, 0.25) is 5.28 Å². The Balaban J connectivity index is 1.24. The summed E-state index contributed by atoms with van der Waals surface area (Å²) in [5, 5.41) is 2.20. The van der Waals surface area contributed by atoms with Crippen molar-refractivity contribution in [3.8, 4) is 45.0 Å². The lowest BCUT2D eigenvalue weighted by atomic mass is 9.68. The van der Waals surface area contributed by atoms with Gasteiger partial charge < -0.3 is 4.42 Å². The van der Waals surface area contributed by atoms with Crippen molar-refractivity contribution >= 4 is 33.5 Å². The topological polar surface area (TPSA) is 51.8 Å². The Bertz CT molecular complexity index is 2770. The SMILES string of the molecule is CC(C)(C)c1ccc2c(c1)C1(c3ccccc3-c3ccc(-c4nc(Cl)nc(-c5cccc6c5oc5ccccc56)n4)cc31)c1cc(C(C)(C)C)ccc1-2. The van der Waals surface area contributed by atoms with Gasteiger partial charge in [0.25, 0.3) is 0 Å². The van der Waals surface area contributed by atoms with E-state index in [1.54, 1.807) is 0 Å². The number of rotatable bonds is 2. The van der Waals surface area contributed by atoms with E-state index in [9.17, 15) is 0 Å². The lowest BCUT2D eigenvalue weighted by Crippen LogP contribution is -2.27. The fraction of sp³-hybridized carbons (Fsp3) is 0.188. The summed E-state index contributed by atoms with van der Waals surface area (Å²) in [6.45, 7) is 13.8. The molecule has 2 aliphatic rings. The first-order valence-corrected chi connectivity index (χ1v) is 18.7. The van der Waals surface area contributed by atoms with Crippen molar-refractivity contribution in [1.82, 2.24) is 15.0 Å². The van der Waals surface area contributed by atoms with Crippen LogP contribution in [0.5, 0.6) is 0 Å². The zero-order chi connectivity index (χ0) is 36.4. The van der Waals surface area contributed by atoms with Gasteiger partial charge in [-0.25, -0.2) is 4.98 Å². The molecule has 1 spiro atoms. The first-order chi connectivity index (χ1) is 25.4. The average molecular weight is 708 g/mol. The third-order valence-corrected chi connectivity index (χ3v) is 11.6. The number of hydrogen-bond acceptors (Lipinski definition) is 4. The summed E-state index contributed by atoms with van der Waals surface area (Å²) in [5.74, 6) is 0.997. The number of benzene rings is 6. The molecule has 0 saturated carbocycles. The number of aromatic nitrogens is 3. The van der Waals surface area contributed by atoms with E-state index in [0.29, 0.717) is 11.6 Å². The van der Waals surface area contributed by atoms with Gasteiger partial charge in [0.1, 0.15) is 11.2 Å². The van der Waals surface area contributed by atoms with Crippen LogP contribution >= 0.6 is 11.6 Å². The molecule has 0 amide bonds. The van der Waals surface area contributed by atoms with Gasteiger partial charge in [0.2, 0.25) is 5.28 Å². The van der Waals surface area contributed by atoms with Gasteiger partial charge in [-0.1, -0.05) is 145 Å². The summed E-state index contributed by atoms with van der Waals surface area (Å²) in [6.07, 6.45) is 0. The first kappa shape index (κ1) is 32.1. The number of fused-ring (bicyclic) bond motifs is 13. The summed E-state index contributed by atoms with van der Waals surface area (Å²) < 4.78 is 6.37. The van der Waals surface area contributed by atoms with Crippen molar-refractivity contribution in [2.45, 2.75) is 57.8 Å². The van der Waals surface area contributed by atoms with Gasteiger partial charge in [-0.3, -0.25) is 0 Å². The van der Waals surface area contributed by atoms with Crippen LogP contribution in [0.4, 0.5) is 0 Å². The molecule has 6 aromatic carbocycles. The average Bonchev–Trinajstić information content (AvgIpc) is 3.77. The predicted octanol–water partition coefficient (Wildman–Crippen LogP) is 12.7. The molecule has 4 nitrogen and oxygen atoms in total. The minimum Gasteiger partial charge on any atom is -0.455 e. The Kier molecular flexibility index (Phi) is 6.65. The molecule has 0 saturated heterocycles. The highest BCUT2D eigenvalue weighted by atomic mass is 35.5. The Morgan fingerprint density at radius 3 is 1.74 bits per heavy atom. The van der Waals surface area contributed by atoms with Crippen molar-refractivity contribution in [2.75, 3.05) is 0 Å². The molecule has 10 rings (SSSR count). The third-order valence-electron chi connectivity index (χ3n) is 11.4. The van der Waals surface area contributed by atoms with E-state index in [1.165, 1.54) is 55.6 Å².